The molecule has 1 aliphatic rings. The summed E-state index contributed by atoms with van der Waals surface area (Å²) in [5.41, 5.74) is 2.27. The van der Waals surface area contributed by atoms with Crippen molar-refractivity contribution in [3.05, 3.63) is 36.2 Å². The van der Waals surface area contributed by atoms with Gasteiger partial charge in [-0.05, 0) is 57.4 Å². The van der Waals surface area contributed by atoms with Crippen LogP contribution in [0.25, 0.3) is 0 Å². The molecule has 0 bridgehead atoms. The Morgan fingerprint density at radius 2 is 1.80 bits per heavy atom. The third kappa shape index (κ3) is 9.45. The standard InChI is InChI=1S/C22H37N3O5/c1-14(7-5-6-8-21(28)29)23-15(2)16(3)24-17(4)22(30)25-20-10-18(12-26)9-19(11-20)13-27/h10,15,17,19-20,23-24,26-27H,1,3,5-9,11-13H2,2,4H3,(H,25,30)(H,28,29)/t15-,17-,19+,20-/m0/s1. The molecule has 170 valence electrons. The van der Waals surface area contributed by atoms with E-state index < -0.39 is 12.0 Å². The lowest BCUT2D eigenvalue weighted by molar-refractivity contribution is -0.137. The van der Waals surface area contributed by atoms with Gasteiger partial charge in [-0.1, -0.05) is 19.2 Å². The van der Waals surface area contributed by atoms with Gasteiger partial charge in [0.2, 0.25) is 5.91 Å². The number of aliphatic hydroxyl groups excluding tert-OH is 2. The first kappa shape index (κ1) is 25.7. The average molecular weight is 424 g/mol. The van der Waals surface area contributed by atoms with Crippen LogP contribution in [0.15, 0.2) is 36.2 Å². The van der Waals surface area contributed by atoms with Crippen LogP contribution in [0, 0.1) is 5.92 Å². The third-order valence-corrected chi connectivity index (χ3v) is 5.22. The Labute approximate surface area is 179 Å². The largest absolute Gasteiger partial charge is 0.481 e. The number of carbonyl (C=O) groups excluding carboxylic acids is 1. The van der Waals surface area contributed by atoms with Crippen molar-refractivity contribution < 1.29 is 24.9 Å². The number of carboxylic acid groups (broad SMARTS) is 1. The second-order valence-corrected chi connectivity index (χ2v) is 8.05. The highest BCUT2D eigenvalue weighted by Crippen LogP contribution is 2.23. The zero-order chi connectivity index (χ0) is 22.7. The number of carboxylic acids is 1. The summed E-state index contributed by atoms with van der Waals surface area (Å²) in [6, 6.07) is -0.878. The number of aliphatic carboxylic acids is 1. The summed E-state index contributed by atoms with van der Waals surface area (Å²) in [4.78, 5) is 23.1. The Bertz CT molecular complexity index is 647. The van der Waals surface area contributed by atoms with Gasteiger partial charge in [-0.3, -0.25) is 9.59 Å². The maximum atomic E-state index is 12.6. The molecule has 1 aliphatic carbocycles. The molecule has 0 saturated heterocycles. The highest BCUT2D eigenvalue weighted by Gasteiger charge is 2.25. The molecule has 0 aromatic rings. The van der Waals surface area contributed by atoms with Crippen LogP contribution in [0.3, 0.4) is 0 Å². The van der Waals surface area contributed by atoms with Gasteiger partial charge in [0.05, 0.1) is 12.6 Å². The number of hydrogen-bond donors (Lipinski definition) is 6. The quantitative estimate of drug-likeness (QED) is 0.184. The van der Waals surface area contributed by atoms with E-state index >= 15 is 0 Å². The molecule has 1 rings (SSSR count). The first-order valence-corrected chi connectivity index (χ1v) is 10.5. The minimum atomic E-state index is -0.796. The van der Waals surface area contributed by atoms with Gasteiger partial charge in [-0.2, -0.15) is 0 Å². The normalized spacial score (nSPS) is 20.5. The fourth-order valence-electron chi connectivity index (χ4n) is 3.45. The lowest BCUT2D eigenvalue weighted by Gasteiger charge is -2.29. The van der Waals surface area contributed by atoms with Gasteiger partial charge in [0.1, 0.15) is 6.04 Å². The summed E-state index contributed by atoms with van der Waals surface area (Å²) >= 11 is 0. The number of nitrogens with one attached hydrogen (secondary N) is 3. The SMILES string of the molecule is C=C(CCCCC(=O)O)N[C@@H](C)C(=C)N[C@@H](C)C(=O)N[C@H]1C=C(CO)C[C@@H](CO)C1. The topological polar surface area (TPSA) is 131 Å². The zero-order valence-corrected chi connectivity index (χ0v) is 18.1. The monoisotopic (exact) mass is 423 g/mol. The van der Waals surface area contributed by atoms with Crippen LogP contribution < -0.4 is 16.0 Å². The van der Waals surface area contributed by atoms with Crippen LogP contribution >= 0.6 is 0 Å². The number of amides is 1. The summed E-state index contributed by atoms with van der Waals surface area (Å²) in [5, 5.41) is 36.7. The second kappa shape index (κ2) is 13.1. The lowest BCUT2D eigenvalue weighted by atomic mass is 9.86. The van der Waals surface area contributed by atoms with E-state index in [0.717, 1.165) is 17.7 Å². The number of carbonyl (C=O) groups is 2. The fraction of sp³-hybridized carbons (Fsp3) is 0.636. The molecule has 8 nitrogen and oxygen atoms in total. The molecule has 1 amide bonds. The van der Waals surface area contributed by atoms with E-state index in [0.29, 0.717) is 31.4 Å². The van der Waals surface area contributed by atoms with E-state index in [1.54, 1.807) is 6.92 Å². The number of aliphatic hydroxyl groups is 2. The van der Waals surface area contributed by atoms with Gasteiger partial charge in [0.25, 0.3) is 0 Å². The summed E-state index contributed by atoms with van der Waals surface area (Å²) in [7, 11) is 0. The highest BCUT2D eigenvalue weighted by molar-refractivity contribution is 5.82. The molecule has 8 heteroatoms. The summed E-state index contributed by atoms with van der Waals surface area (Å²) in [5.74, 6) is -0.950. The molecule has 4 atom stereocenters. The lowest BCUT2D eigenvalue weighted by Crippen LogP contribution is -2.48. The van der Waals surface area contributed by atoms with Crippen molar-refractivity contribution in [2.45, 2.75) is 70.5 Å². The Hall–Kier alpha value is -2.32. The van der Waals surface area contributed by atoms with Crippen molar-refractivity contribution >= 4 is 11.9 Å². The van der Waals surface area contributed by atoms with Gasteiger partial charge in [0.15, 0.2) is 0 Å². The van der Waals surface area contributed by atoms with Gasteiger partial charge in [0, 0.05) is 30.5 Å². The molecule has 0 aliphatic heterocycles. The van der Waals surface area contributed by atoms with E-state index in [1.165, 1.54) is 0 Å². The van der Waals surface area contributed by atoms with Gasteiger partial charge >= 0.3 is 5.97 Å². The predicted octanol–water partition coefficient (Wildman–Crippen LogP) is 1.42. The van der Waals surface area contributed by atoms with Crippen molar-refractivity contribution in [2.24, 2.45) is 5.92 Å². The molecular formula is C22H37N3O5. The number of unbranched alkanes of at least 4 members (excludes halogenated alkanes) is 1. The minimum Gasteiger partial charge on any atom is -0.481 e. The van der Waals surface area contributed by atoms with Gasteiger partial charge in [-0.25, -0.2) is 0 Å². The van der Waals surface area contributed by atoms with Crippen molar-refractivity contribution in [1.29, 1.82) is 0 Å². The van der Waals surface area contributed by atoms with E-state index in [9.17, 15) is 19.8 Å². The molecule has 0 fully saturated rings. The number of allylic oxidation sites excluding steroid dienone is 1. The van der Waals surface area contributed by atoms with E-state index in [1.807, 2.05) is 13.0 Å². The van der Waals surface area contributed by atoms with Crippen LogP contribution in [0.4, 0.5) is 0 Å². The maximum Gasteiger partial charge on any atom is 0.303 e. The molecule has 0 aromatic carbocycles. The van der Waals surface area contributed by atoms with Crippen LogP contribution in [-0.2, 0) is 9.59 Å². The Morgan fingerprint density at radius 1 is 1.13 bits per heavy atom. The van der Waals surface area contributed by atoms with E-state index in [-0.39, 0.29) is 43.5 Å². The molecular weight excluding hydrogens is 386 g/mol. The molecule has 0 radical (unpaired) electrons. The van der Waals surface area contributed by atoms with Crippen molar-refractivity contribution in [3.8, 4) is 0 Å². The molecule has 0 saturated carbocycles. The summed E-state index contributed by atoms with van der Waals surface area (Å²) in [6.45, 7) is 11.6. The van der Waals surface area contributed by atoms with Crippen molar-refractivity contribution in [3.63, 3.8) is 0 Å². The fourth-order valence-corrected chi connectivity index (χ4v) is 3.45. The minimum absolute atomic E-state index is 0.0255. The van der Waals surface area contributed by atoms with Crippen molar-refractivity contribution in [1.82, 2.24) is 16.0 Å². The first-order valence-electron chi connectivity index (χ1n) is 10.5. The molecule has 0 spiro atoms. The van der Waals surface area contributed by atoms with Crippen LogP contribution in [-0.4, -0.2) is 58.5 Å². The van der Waals surface area contributed by atoms with E-state index in [2.05, 4.69) is 29.1 Å². The smallest absolute Gasteiger partial charge is 0.303 e. The number of rotatable bonds is 14. The second-order valence-electron chi connectivity index (χ2n) is 8.05. The van der Waals surface area contributed by atoms with Crippen LogP contribution in [0.5, 0.6) is 0 Å². The summed E-state index contributed by atoms with van der Waals surface area (Å²) < 4.78 is 0. The average Bonchev–Trinajstić information content (AvgIpc) is 2.70. The van der Waals surface area contributed by atoms with Crippen molar-refractivity contribution in [2.75, 3.05) is 13.2 Å². The predicted molar refractivity (Wildman–Crippen MR) is 116 cm³/mol. The Morgan fingerprint density at radius 3 is 2.40 bits per heavy atom. The first-order chi connectivity index (χ1) is 14.2. The molecule has 30 heavy (non-hydrogen) atoms. The van der Waals surface area contributed by atoms with E-state index in [4.69, 9.17) is 5.11 Å². The Kier molecular flexibility index (Phi) is 11.2. The molecule has 0 unspecified atom stereocenters. The van der Waals surface area contributed by atoms with Gasteiger partial charge < -0.3 is 31.3 Å². The van der Waals surface area contributed by atoms with Gasteiger partial charge in [-0.15, -0.1) is 0 Å². The summed E-state index contributed by atoms with van der Waals surface area (Å²) in [6.07, 6.45) is 5.32. The Balaban J connectivity index is 2.43. The molecule has 6 N–H and O–H groups in total. The highest BCUT2D eigenvalue weighted by atomic mass is 16.4. The molecule has 0 aromatic heterocycles. The third-order valence-electron chi connectivity index (χ3n) is 5.22. The number of hydrogen-bond acceptors (Lipinski definition) is 6. The zero-order valence-electron chi connectivity index (χ0n) is 18.1. The maximum absolute atomic E-state index is 12.6. The van der Waals surface area contributed by atoms with Crippen LogP contribution in [0.2, 0.25) is 0 Å². The molecule has 0 heterocycles. The van der Waals surface area contributed by atoms with Crippen LogP contribution in [0.1, 0.15) is 52.4 Å².